The second kappa shape index (κ2) is 5.85. The van der Waals surface area contributed by atoms with Gasteiger partial charge in [-0.15, -0.1) is 0 Å². The molecule has 0 amide bonds. The van der Waals surface area contributed by atoms with E-state index < -0.39 is 0 Å². The summed E-state index contributed by atoms with van der Waals surface area (Å²) in [5, 5.41) is 0. The summed E-state index contributed by atoms with van der Waals surface area (Å²) >= 11 is 0. The van der Waals surface area contributed by atoms with E-state index in [0.29, 0.717) is 6.54 Å². The van der Waals surface area contributed by atoms with Crippen LogP contribution in [0.25, 0.3) is 0 Å². The van der Waals surface area contributed by atoms with Crippen molar-refractivity contribution >= 4 is 5.82 Å². The largest absolute Gasteiger partial charge is 0.359 e. The fourth-order valence-electron chi connectivity index (χ4n) is 1.69. The van der Waals surface area contributed by atoms with Crippen LogP contribution in [-0.2, 0) is 6.54 Å². The van der Waals surface area contributed by atoms with E-state index >= 15 is 0 Å². The van der Waals surface area contributed by atoms with Gasteiger partial charge >= 0.3 is 0 Å². The molecule has 1 aromatic rings. The number of rotatable bonds is 5. The average Bonchev–Trinajstić information content (AvgIpc) is 2.25. The Bertz CT molecular complexity index is 334. The first-order valence-corrected chi connectivity index (χ1v) is 5.91. The Morgan fingerprint density at radius 2 is 2.12 bits per heavy atom. The molecule has 0 fully saturated rings. The maximum Gasteiger partial charge on any atom is 0.131 e. The number of anilines is 1. The second-order valence-corrected chi connectivity index (χ2v) is 4.79. The summed E-state index contributed by atoms with van der Waals surface area (Å²) in [7, 11) is 2.10. The minimum Gasteiger partial charge on any atom is -0.359 e. The number of nitrogens with two attached hydrogens (primary N) is 1. The third-order valence-electron chi connectivity index (χ3n) is 2.75. The highest BCUT2D eigenvalue weighted by atomic mass is 15.2. The van der Waals surface area contributed by atoms with Gasteiger partial charge in [0.1, 0.15) is 5.82 Å². The van der Waals surface area contributed by atoms with E-state index in [9.17, 15) is 0 Å². The van der Waals surface area contributed by atoms with Crippen molar-refractivity contribution in [3.63, 3.8) is 0 Å². The number of nitrogens with zero attached hydrogens (tertiary/aromatic N) is 2. The molecule has 0 saturated heterocycles. The van der Waals surface area contributed by atoms with Crippen LogP contribution in [0.15, 0.2) is 12.3 Å². The lowest BCUT2D eigenvalue weighted by Crippen LogP contribution is -2.22. The number of aromatic nitrogens is 1. The van der Waals surface area contributed by atoms with Gasteiger partial charge in [-0.05, 0) is 36.5 Å². The van der Waals surface area contributed by atoms with Crippen molar-refractivity contribution in [3.8, 4) is 0 Å². The number of aryl methyl sites for hydroxylation is 1. The predicted octanol–water partition coefficient (Wildman–Crippen LogP) is 2.33. The molecule has 1 rings (SSSR count). The monoisotopic (exact) mass is 221 g/mol. The Labute approximate surface area is 98.7 Å². The van der Waals surface area contributed by atoms with E-state index in [4.69, 9.17) is 5.73 Å². The highest BCUT2D eigenvalue weighted by Crippen LogP contribution is 2.17. The maximum atomic E-state index is 5.59. The van der Waals surface area contributed by atoms with Crippen molar-refractivity contribution in [3.05, 3.63) is 23.4 Å². The Balaban J connectivity index is 2.71. The molecular weight excluding hydrogens is 198 g/mol. The predicted molar refractivity (Wildman–Crippen MR) is 69.6 cm³/mol. The lowest BCUT2D eigenvalue weighted by molar-refractivity contribution is 0.583. The van der Waals surface area contributed by atoms with Gasteiger partial charge in [-0.1, -0.05) is 13.8 Å². The molecule has 3 nitrogen and oxygen atoms in total. The Morgan fingerprint density at radius 1 is 1.44 bits per heavy atom. The molecule has 0 aliphatic heterocycles. The normalized spacial score (nSPS) is 10.9. The molecule has 0 bridgehead atoms. The fraction of sp³-hybridized carbons (Fsp3) is 0.615. The molecule has 16 heavy (non-hydrogen) atoms. The molecule has 0 aliphatic carbocycles. The fourth-order valence-corrected chi connectivity index (χ4v) is 1.69. The van der Waals surface area contributed by atoms with Crippen LogP contribution in [0.2, 0.25) is 0 Å². The minimum absolute atomic E-state index is 0.559. The lowest BCUT2D eigenvalue weighted by atomic mass is 10.1. The van der Waals surface area contributed by atoms with Gasteiger partial charge in [-0.3, -0.25) is 0 Å². The molecule has 1 heterocycles. The summed E-state index contributed by atoms with van der Waals surface area (Å²) in [6, 6.07) is 2.12. The summed E-state index contributed by atoms with van der Waals surface area (Å²) in [4.78, 5) is 6.69. The lowest BCUT2D eigenvalue weighted by Gasteiger charge is -2.21. The molecule has 3 heteroatoms. The first kappa shape index (κ1) is 13.0. The third-order valence-corrected chi connectivity index (χ3v) is 2.75. The highest BCUT2D eigenvalue weighted by molar-refractivity contribution is 5.46. The van der Waals surface area contributed by atoms with Crippen LogP contribution in [0.1, 0.15) is 31.4 Å². The number of pyridine rings is 1. The van der Waals surface area contributed by atoms with Crippen molar-refractivity contribution in [2.24, 2.45) is 11.7 Å². The van der Waals surface area contributed by atoms with Gasteiger partial charge in [-0.25, -0.2) is 4.98 Å². The molecule has 0 spiro atoms. The zero-order valence-electron chi connectivity index (χ0n) is 10.8. The van der Waals surface area contributed by atoms with Crippen molar-refractivity contribution in [2.75, 3.05) is 18.5 Å². The SMILES string of the molecule is Cc1cc(CN)cnc1N(C)CCC(C)C. The van der Waals surface area contributed by atoms with Crippen molar-refractivity contribution in [2.45, 2.75) is 33.7 Å². The zero-order chi connectivity index (χ0) is 12.1. The van der Waals surface area contributed by atoms with E-state index in [-0.39, 0.29) is 0 Å². The summed E-state index contributed by atoms with van der Waals surface area (Å²) in [6.07, 6.45) is 3.06. The van der Waals surface area contributed by atoms with E-state index in [0.717, 1.165) is 23.8 Å². The van der Waals surface area contributed by atoms with Crippen LogP contribution >= 0.6 is 0 Å². The molecule has 0 aliphatic rings. The smallest absolute Gasteiger partial charge is 0.131 e. The van der Waals surface area contributed by atoms with Gasteiger partial charge in [0.25, 0.3) is 0 Å². The molecule has 0 radical (unpaired) electrons. The van der Waals surface area contributed by atoms with E-state index in [1.165, 1.54) is 12.0 Å². The molecule has 0 unspecified atom stereocenters. The average molecular weight is 221 g/mol. The Hall–Kier alpha value is -1.09. The summed E-state index contributed by atoms with van der Waals surface area (Å²) in [5.74, 6) is 1.80. The first-order chi connectivity index (χ1) is 7.54. The van der Waals surface area contributed by atoms with Crippen LogP contribution in [-0.4, -0.2) is 18.6 Å². The Morgan fingerprint density at radius 3 is 2.62 bits per heavy atom. The van der Waals surface area contributed by atoms with Gasteiger partial charge in [0.2, 0.25) is 0 Å². The molecule has 0 saturated carbocycles. The molecule has 2 N–H and O–H groups in total. The van der Waals surface area contributed by atoms with Crippen LogP contribution < -0.4 is 10.6 Å². The third kappa shape index (κ3) is 3.49. The van der Waals surface area contributed by atoms with Crippen LogP contribution in [0.3, 0.4) is 0 Å². The molecule has 90 valence electrons. The zero-order valence-corrected chi connectivity index (χ0v) is 10.8. The van der Waals surface area contributed by atoms with E-state index in [2.05, 4.69) is 43.8 Å². The molecule has 0 aromatic carbocycles. The van der Waals surface area contributed by atoms with E-state index in [1.807, 2.05) is 6.20 Å². The van der Waals surface area contributed by atoms with Gasteiger partial charge in [-0.2, -0.15) is 0 Å². The van der Waals surface area contributed by atoms with Crippen molar-refractivity contribution in [1.29, 1.82) is 0 Å². The van der Waals surface area contributed by atoms with E-state index in [1.54, 1.807) is 0 Å². The van der Waals surface area contributed by atoms with Crippen LogP contribution in [0.4, 0.5) is 5.82 Å². The number of hydrogen-bond donors (Lipinski definition) is 1. The summed E-state index contributed by atoms with van der Waals surface area (Å²) in [6.45, 7) is 8.18. The van der Waals surface area contributed by atoms with Crippen molar-refractivity contribution < 1.29 is 0 Å². The first-order valence-electron chi connectivity index (χ1n) is 5.91. The molecule has 1 aromatic heterocycles. The standard InChI is InChI=1S/C13H23N3/c1-10(2)5-6-16(4)13-11(3)7-12(8-14)9-15-13/h7,9-10H,5-6,8,14H2,1-4H3. The number of hydrogen-bond acceptors (Lipinski definition) is 3. The van der Waals surface area contributed by atoms with Gasteiger partial charge in [0.05, 0.1) is 0 Å². The van der Waals surface area contributed by atoms with Crippen LogP contribution in [0, 0.1) is 12.8 Å². The molecular formula is C13H23N3. The molecule has 0 atom stereocenters. The van der Waals surface area contributed by atoms with Crippen molar-refractivity contribution in [1.82, 2.24) is 4.98 Å². The topological polar surface area (TPSA) is 42.1 Å². The van der Waals surface area contributed by atoms with Gasteiger partial charge in [0.15, 0.2) is 0 Å². The van der Waals surface area contributed by atoms with Crippen LogP contribution in [0.5, 0.6) is 0 Å². The highest BCUT2D eigenvalue weighted by Gasteiger charge is 2.07. The summed E-state index contributed by atoms with van der Waals surface area (Å²) in [5.41, 5.74) is 7.89. The minimum atomic E-state index is 0.559. The van der Waals surface area contributed by atoms with Gasteiger partial charge in [0, 0.05) is 26.3 Å². The Kier molecular flexibility index (Phi) is 4.74. The second-order valence-electron chi connectivity index (χ2n) is 4.79. The quantitative estimate of drug-likeness (QED) is 0.829. The van der Waals surface area contributed by atoms with Gasteiger partial charge < -0.3 is 10.6 Å². The maximum absolute atomic E-state index is 5.59. The summed E-state index contributed by atoms with van der Waals surface area (Å²) < 4.78 is 0.